The normalized spacial score (nSPS) is 12.3. The van der Waals surface area contributed by atoms with E-state index in [0.717, 1.165) is 6.07 Å². The molecule has 0 bridgehead atoms. The van der Waals surface area contributed by atoms with Crippen LogP contribution in [0.4, 0.5) is 13.2 Å². The molecule has 112 valence electrons. The van der Waals surface area contributed by atoms with Crippen molar-refractivity contribution >= 4 is 21.8 Å². The van der Waals surface area contributed by atoms with Crippen LogP contribution in [0.3, 0.4) is 0 Å². The van der Waals surface area contributed by atoms with Crippen LogP contribution >= 0.6 is 15.9 Å². The molecular formula is C14H17BrF3NO. The third kappa shape index (κ3) is 3.98. The van der Waals surface area contributed by atoms with Crippen LogP contribution in [-0.4, -0.2) is 11.4 Å². The van der Waals surface area contributed by atoms with Crippen molar-refractivity contribution in [2.75, 3.05) is 0 Å². The Hall–Kier alpha value is -1.04. The summed E-state index contributed by atoms with van der Waals surface area (Å²) in [5.41, 5.74) is -1.79. The summed E-state index contributed by atoms with van der Waals surface area (Å²) in [7, 11) is 0. The molecule has 0 saturated carbocycles. The molecule has 0 spiro atoms. The summed E-state index contributed by atoms with van der Waals surface area (Å²) in [5, 5.41) is 2.69. The standard InChI is InChI=1S/C14H17BrF3NO/c1-4-13(3,5-2)19-12(20)10-7-6-9(15)8-11(10)14(16,17)18/h6-8H,4-5H2,1-3H3,(H,19,20). The minimum absolute atomic E-state index is 0.287. The molecular weight excluding hydrogens is 335 g/mol. The van der Waals surface area contributed by atoms with Crippen LogP contribution < -0.4 is 5.32 Å². The lowest BCUT2D eigenvalue weighted by atomic mass is 9.94. The third-order valence-electron chi connectivity index (χ3n) is 3.51. The molecule has 0 saturated heterocycles. The van der Waals surface area contributed by atoms with Gasteiger partial charge in [0.05, 0.1) is 11.1 Å². The minimum atomic E-state index is -4.56. The maximum absolute atomic E-state index is 13.0. The van der Waals surface area contributed by atoms with Gasteiger partial charge in [0.2, 0.25) is 0 Å². The van der Waals surface area contributed by atoms with Gasteiger partial charge in [-0.3, -0.25) is 4.79 Å². The number of amides is 1. The molecule has 1 amide bonds. The zero-order valence-electron chi connectivity index (χ0n) is 11.6. The van der Waals surface area contributed by atoms with Crippen LogP contribution in [0.25, 0.3) is 0 Å². The maximum Gasteiger partial charge on any atom is 0.417 e. The molecule has 2 nitrogen and oxygen atoms in total. The quantitative estimate of drug-likeness (QED) is 0.831. The highest BCUT2D eigenvalue weighted by molar-refractivity contribution is 9.10. The molecule has 6 heteroatoms. The molecule has 0 heterocycles. The lowest BCUT2D eigenvalue weighted by Gasteiger charge is -2.28. The van der Waals surface area contributed by atoms with Gasteiger partial charge in [0.15, 0.2) is 0 Å². The molecule has 1 rings (SSSR count). The Balaban J connectivity index is 3.17. The minimum Gasteiger partial charge on any atom is -0.347 e. The number of nitrogens with one attached hydrogen (secondary N) is 1. The van der Waals surface area contributed by atoms with Gasteiger partial charge in [0.25, 0.3) is 5.91 Å². The number of carbonyl (C=O) groups excluding carboxylic acids is 1. The summed E-state index contributed by atoms with van der Waals surface area (Å²) in [6.45, 7) is 5.59. The van der Waals surface area contributed by atoms with Crippen molar-refractivity contribution in [2.45, 2.75) is 45.3 Å². The van der Waals surface area contributed by atoms with Gasteiger partial charge in [0.1, 0.15) is 0 Å². The summed E-state index contributed by atoms with van der Waals surface area (Å²) >= 11 is 2.99. The Bertz CT molecular complexity index is 496. The molecule has 0 atom stereocenters. The topological polar surface area (TPSA) is 29.1 Å². The average molecular weight is 352 g/mol. The van der Waals surface area contributed by atoms with Gasteiger partial charge in [-0.15, -0.1) is 0 Å². The van der Waals surface area contributed by atoms with E-state index in [1.54, 1.807) is 0 Å². The Kier molecular flexibility index (Phi) is 5.24. The van der Waals surface area contributed by atoms with Crippen molar-refractivity contribution in [1.82, 2.24) is 5.32 Å². The molecule has 0 radical (unpaired) electrons. The summed E-state index contributed by atoms with van der Waals surface area (Å²) in [4.78, 5) is 12.1. The molecule has 1 aromatic rings. The monoisotopic (exact) mass is 351 g/mol. The van der Waals surface area contributed by atoms with E-state index >= 15 is 0 Å². The summed E-state index contributed by atoms with van der Waals surface area (Å²) in [6, 6.07) is 3.54. The molecule has 0 aromatic heterocycles. The highest BCUT2D eigenvalue weighted by atomic mass is 79.9. The van der Waals surface area contributed by atoms with E-state index in [1.165, 1.54) is 12.1 Å². The molecule has 0 aliphatic carbocycles. The van der Waals surface area contributed by atoms with Crippen molar-refractivity contribution in [3.63, 3.8) is 0 Å². The van der Waals surface area contributed by atoms with E-state index in [1.807, 2.05) is 20.8 Å². The summed E-state index contributed by atoms with van der Waals surface area (Å²) < 4.78 is 39.2. The van der Waals surface area contributed by atoms with E-state index in [9.17, 15) is 18.0 Å². The molecule has 0 aliphatic rings. The van der Waals surface area contributed by atoms with Crippen LogP contribution in [0.15, 0.2) is 22.7 Å². The van der Waals surface area contributed by atoms with Gasteiger partial charge in [-0.05, 0) is 38.0 Å². The smallest absolute Gasteiger partial charge is 0.347 e. The van der Waals surface area contributed by atoms with Crippen molar-refractivity contribution < 1.29 is 18.0 Å². The fourth-order valence-electron chi connectivity index (χ4n) is 1.72. The predicted octanol–water partition coefficient (Wildman–Crippen LogP) is 4.78. The Labute approximate surface area is 124 Å². The Morgan fingerprint density at radius 1 is 1.25 bits per heavy atom. The lowest BCUT2D eigenvalue weighted by molar-refractivity contribution is -0.138. The van der Waals surface area contributed by atoms with E-state index in [0.29, 0.717) is 12.8 Å². The van der Waals surface area contributed by atoms with Crippen LogP contribution in [-0.2, 0) is 6.18 Å². The third-order valence-corrected chi connectivity index (χ3v) is 4.00. The maximum atomic E-state index is 13.0. The largest absolute Gasteiger partial charge is 0.417 e. The number of benzene rings is 1. The van der Waals surface area contributed by atoms with E-state index in [-0.39, 0.29) is 10.0 Å². The van der Waals surface area contributed by atoms with Crippen molar-refractivity contribution in [1.29, 1.82) is 0 Å². The predicted molar refractivity (Wildman–Crippen MR) is 75.6 cm³/mol. The van der Waals surface area contributed by atoms with Crippen LogP contribution in [0.1, 0.15) is 49.5 Å². The van der Waals surface area contributed by atoms with Gasteiger partial charge in [-0.1, -0.05) is 29.8 Å². The highest BCUT2D eigenvalue weighted by Crippen LogP contribution is 2.34. The average Bonchev–Trinajstić information content (AvgIpc) is 2.37. The number of rotatable bonds is 4. The van der Waals surface area contributed by atoms with Crippen LogP contribution in [0.5, 0.6) is 0 Å². The first-order valence-corrected chi connectivity index (χ1v) is 7.11. The SMILES string of the molecule is CCC(C)(CC)NC(=O)c1ccc(Br)cc1C(F)(F)F. The second kappa shape index (κ2) is 6.16. The summed E-state index contributed by atoms with van der Waals surface area (Å²) in [6.07, 6.45) is -3.27. The van der Waals surface area contributed by atoms with Gasteiger partial charge in [0, 0.05) is 10.0 Å². The van der Waals surface area contributed by atoms with Gasteiger partial charge in [-0.2, -0.15) is 13.2 Å². The first-order valence-electron chi connectivity index (χ1n) is 6.32. The summed E-state index contributed by atoms with van der Waals surface area (Å²) in [5.74, 6) is -0.698. The second-order valence-electron chi connectivity index (χ2n) is 4.91. The van der Waals surface area contributed by atoms with Gasteiger partial charge >= 0.3 is 6.18 Å². The molecule has 1 aromatic carbocycles. The van der Waals surface area contributed by atoms with Crippen LogP contribution in [0.2, 0.25) is 0 Å². The number of hydrogen-bond donors (Lipinski definition) is 1. The fourth-order valence-corrected chi connectivity index (χ4v) is 2.08. The van der Waals surface area contributed by atoms with Gasteiger partial charge in [-0.25, -0.2) is 0 Å². The molecule has 0 aliphatic heterocycles. The number of alkyl halides is 3. The van der Waals surface area contributed by atoms with Crippen LogP contribution in [0, 0.1) is 0 Å². The van der Waals surface area contributed by atoms with Crippen molar-refractivity contribution in [3.8, 4) is 0 Å². The first-order chi connectivity index (χ1) is 9.13. The van der Waals surface area contributed by atoms with E-state index < -0.39 is 23.2 Å². The number of carbonyl (C=O) groups is 1. The van der Waals surface area contributed by atoms with Gasteiger partial charge < -0.3 is 5.32 Å². The molecule has 0 fully saturated rings. The molecule has 20 heavy (non-hydrogen) atoms. The van der Waals surface area contributed by atoms with E-state index in [4.69, 9.17) is 0 Å². The first kappa shape index (κ1) is 17.0. The zero-order chi connectivity index (χ0) is 15.6. The Morgan fingerprint density at radius 3 is 2.25 bits per heavy atom. The van der Waals surface area contributed by atoms with Crippen molar-refractivity contribution in [3.05, 3.63) is 33.8 Å². The van der Waals surface area contributed by atoms with Crippen molar-refractivity contribution in [2.24, 2.45) is 0 Å². The number of halogens is 4. The second-order valence-corrected chi connectivity index (χ2v) is 5.83. The Morgan fingerprint density at radius 2 is 1.80 bits per heavy atom. The zero-order valence-corrected chi connectivity index (χ0v) is 13.2. The molecule has 1 N–H and O–H groups in total. The molecule has 0 unspecified atom stereocenters. The fraction of sp³-hybridized carbons (Fsp3) is 0.500. The van der Waals surface area contributed by atoms with E-state index in [2.05, 4.69) is 21.2 Å². The lowest BCUT2D eigenvalue weighted by Crippen LogP contribution is -2.45. The highest BCUT2D eigenvalue weighted by Gasteiger charge is 2.36. The number of hydrogen-bond acceptors (Lipinski definition) is 1.